The number of aromatic nitrogens is 2. The van der Waals surface area contributed by atoms with Crippen LogP contribution in [-0.4, -0.2) is 46.6 Å². The fraction of sp³-hybridized carbons (Fsp3) is 0.450. The lowest BCUT2D eigenvalue weighted by molar-refractivity contribution is -0.144. The van der Waals surface area contributed by atoms with Gasteiger partial charge >= 0.3 is 12.0 Å². The van der Waals surface area contributed by atoms with Gasteiger partial charge in [0.2, 0.25) is 0 Å². The van der Waals surface area contributed by atoms with Crippen molar-refractivity contribution in [3.63, 3.8) is 0 Å². The monoisotopic (exact) mass is 404 g/mol. The average Bonchev–Trinajstić information content (AvgIpc) is 3.18. The van der Waals surface area contributed by atoms with Gasteiger partial charge in [-0.25, -0.2) is 14.6 Å². The van der Waals surface area contributed by atoms with Gasteiger partial charge in [-0.1, -0.05) is 44.0 Å². The number of imidazole rings is 1. The minimum absolute atomic E-state index is 0.0493. The second kappa shape index (κ2) is 8.65. The Kier molecular flexibility index (Phi) is 6.24. The zero-order valence-electron chi connectivity index (χ0n) is 16.2. The third-order valence-electron chi connectivity index (χ3n) is 5.30. The number of urea groups is 1. The molecule has 0 radical (unpaired) electrons. The largest absolute Gasteiger partial charge is 0.467 e. The molecule has 2 N–H and O–H groups in total. The number of carbonyl (C=O) groups excluding carboxylic acids is 2. The van der Waals surface area contributed by atoms with Crippen molar-refractivity contribution in [2.45, 2.75) is 38.8 Å². The highest BCUT2D eigenvalue weighted by Gasteiger charge is 2.36. The molecule has 0 bridgehead atoms. The van der Waals surface area contributed by atoms with Crippen LogP contribution in [0.1, 0.15) is 43.3 Å². The van der Waals surface area contributed by atoms with Gasteiger partial charge < -0.3 is 19.9 Å². The van der Waals surface area contributed by atoms with E-state index in [1.165, 1.54) is 7.11 Å². The molecule has 0 aliphatic carbocycles. The molecule has 2 heterocycles. The zero-order chi connectivity index (χ0) is 20.3. The molecule has 0 saturated heterocycles. The maximum atomic E-state index is 13.2. The van der Waals surface area contributed by atoms with Crippen LogP contribution in [0.25, 0.3) is 0 Å². The number of carbonyl (C=O) groups is 2. The number of H-pyrrole nitrogens is 1. The van der Waals surface area contributed by atoms with E-state index in [0.29, 0.717) is 18.0 Å². The van der Waals surface area contributed by atoms with Crippen molar-refractivity contribution in [3.8, 4) is 0 Å². The van der Waals surface area contributed by atoms with E-state index in [1.54, 1.807) is 17.3 Å². The SMILES string of the molecule is CC[C@H](C)[C@H](NC(=O)N1CCc2[nH]cnc2[C@H]1c1cccc(Cl)c1)C(=O)OC. The maximum absolute atomic E-state index is 13.2. The first-order valence-electron chi connectivity index (χ1n) is 9.38. The van der Waals surface area contributed by atoms with E-state index in [-0.39, 0.29) is 18.0 Å². The Morgan fingerprint density at radius 1 is 1.46 bits per heavy atom. The van der Waals surface area contributed by atoms with Gasteiger partial charge in [-0.2, -0.15) is 0 Å². The number of benzene rings is 1. The molecule has 0 spiro atoms. The molecule has 3 rings (SSSR count). The summed E-state index contributed by atoms with van der Waals surface area (Å²) < 4.78 is 4.89. The summed E-state index contributed by atoms with van der Waals surface area (Å²) in [6.07, 6.45) is 3.04. The molecule has 8 heteroatoms. The number of ether oxygens (including phenoxy) is 1. The van der Waals surface area contributed by atoms with Crippen molar-refractivity contribution in [2.75, 3.05) is 13.7 Å². The highest BCUT2D eigenvalue weighted by atomic mass is 35.5. The molecule has 0 saturated carbocycles. The minimum Gasteiger partial charge on any atom is -0.467 e. The maximum Gasteiger partial charge on any atom is 0.328 e. The van der Waals surface area contributed by atoms with Crippen LogP contribution in [0.3, 0.4) is 0 Å². The molecule has 1 aromatic carbocycles. The van der Waals surface area contributed by atoms with Crippen molar-refractivity contribution >= 4 is 23.6 Å². The number of aromatic amines is 1. The summed E-state index contributed by atoms with van der Waals surface area (Å²) in [6, 6.07) is 5.99. The van der Waals surface area contributed by atoms with Gasteiger partial charge in [0.1, 0.15) is 12.1 Å². The van der Waals surface area contributed by atoms with Crippen LogP contribution in [0.4, 0.5) is 4.79 Å². The minimum atomic E-state index is -0.705. The molecule has 3 atom stereocenters. The molecular weight excluding hydrogens is 380 g/mol. The third-order valence-corrected chi connectivity index (χ3v) is 5.53. The Morgan fingerprint density at radius 2 is 2.25 bits per heavy atom. The summed E-state index contributed by atoms with van der Waals surface area (Å²) in [6.45, 7) is 4.38. The first-order valence-corrected chi connectivity index (χ1v) is 9.76. The third kappa shape index (κ3) is 3.99. The Balaban J connectivity index is 1.92. The highest BCUT2D eigenvalue weighted by molar-refractivity contribution is 6.30. The zero-order valence-corrected chi connectivity index (χ0v) is 17.0. The molecule has 150 valence electrons. The standard InChI is InChI=1S/C20H25ClN4O3/c1-4-12(2)16(19(26)28-3)24-20(27)25-9-8-15-17(23-11-22-15)18(25)13-6-5-7-14(21)10-13/h5-7,10-12,16,18H,4,8-9H2,1-3H3,(H,22,23)(H,24,27)/t12-,16-,18+/m0/s1. The van der Waals surface area contributed by atoms with Crippen LogP contribution >= 0.6 is 11.6 Å². The number of hydrogen-bond donors (Lipinski definition) is 2. The Hall–Kier alpha value is -2.54. The number of nitrogens with one attached hydrogen (secondary N) is 2. The highest BCUT2D eigenvalue weighted by Crippen LogP contribution is 2.34. The molecular formula is C20H25ClN4O3. The predicted octanol–water partition coefficient (Wildman–Crippen LogP) is 3.31. The van der Waals surface area contributed by atoms with Crippen LogP contribution in [0.5, 0.6) is 0 Å². The topological polar surface area (TPSA) is 87.3 Å². The number of halogens is 1. The number of methoxy groups -OCH3 is 1. The second-order valence-corrected chi connectivity index (χ2v) is 7.44. The first-order chi connectivity index (χ1) is 13.5. The van der Waals surface area contributed by atoms with Gasteiger partial charge in [-0.05, 0) is 23.6 Å². The lowest BCUT2D eigenvalue weighted by Gasteiger charge is -2.36. The van der Waals surface area contributed by atoms with Crippen LogP contribution in [0.15, 0.2) is 30.6 Å². The fourth-order valence-corrected chi connectivity index (χ4v) is 3.72. The number of esters is 1. The molecule has 28 heavy (non-hydrogen) atoms. The average molecular weight is 405 g/mol. The Bertz CT molecular complexity index is 853. The summed E-state index contributed by atoms with van der Waals surface area (Å²) in [5.41, 5.74) is 2.66. The summed E-state index contributed by atoms with van der Waals surface area (Å²) in [5, 5.41) is 3.46. The second-order valence-electron chi connectivity index (χ2n) is 7.00. The number of rotatable bonds is 5. The molecule has 2 aromatic rings. The Morgan fingerprint density at radius 3 is 2.93 bits per heavy atom. The van der Waals surface area contributed by atoms with Crippen molar-refractivity contribution in [1.82, 2.24) is 20.2 Å². The van der Waals surface area contributed by atoms with Gasteiger partial charge in [0, 0.05) is 23.7 Å². The van der Waals surface area contributed by atoms with Gasteiger partial charge in [0.15, 0.2) is 0 Å². The molecule has 7 nitrogen and oxygen atoms in total. The van der Waals surface area contributed by atoms with Crippen molar-refractivity contribution in [1.29, 1.82) is 0 Å². The fourth-order valence-electron chi connectivity index (χ4n) is 3.52. The lowest BCUT2D eigenvalue weighted by Crippen LogP contribution is -2.53. The predicted molar refractivity (Wildman–Crippen MR) is 106 cm³/mol. The number of amides is 2. The van der Waals surface area contributed by atoms with E-state index < -0.39 is 12.0 Å². The Labute approximate surface area is 169 Å². The van der Waals surface area contributed by atoms with E-state index in [2.05, 4.69) is 15.3 Å². The van der Waals surface area contributed by atoms with E-state index in [1.807, 2.05) is 32.0 Å². The molecule has 1 aliphatic rings. The van der Waals surface area contributed by atoms with E-state index in [0.717, 1.165) is 23.4 Å². The molecule has 1 aromatic heterocycles. The summed E-state index contributed by atoms with van der Waals surface area (Å²) in [5.74, 6) is -0.494. The van der Waals surface area contributed by atoms with Crippen LogP contribution < -0.4 is 5.32 Å². The van der Waals surface area contributed by atoms with E-state index in [4.69, 9.17) is 16.3 Å². The summed E-state index contributed by atoms with van der Waals surface area (Å²) in [4.78, 5) is 34.7. The van der Waals surface area contributed by atoms with Gasteiger partial charge in [-0.3, -0.25) is 0 Å². The quantitative estimate of drug-likeness (QED) is 0.748. The normalized spacial score (nSPS) is 18.1. The van der Waals surface area contributed by atoms with Crippen molar-refractivity contribution in [3.05, 3.63) is 52.6 Å². The van der Waals surface area contributed by atoms with Crippen molar-refractivity contribution < 1.29 is 14.3 Å². The van der Waals surface area contributed by atoms with Crippen LogP contribution in [0.2, 0.25) is 5.02 Å². The van der Waals surface area contributed by atoms with Gasteiger partial charge in [-0.15, -0.1) is 0 Å². The van der Waals surface area contributed by atoms with Gasteiger partial charge in [0.25, 0.3) is 0 Å². The van der Waals surface area contributed by atoms with Crippen molar-refractivity contribution in [2.24, 2.45) is 5.92 Å². The van der Waals surface area contributed by atoms with Crippen LogP contribution in [0, 0.1) is 5.92 Å². The van der Waals surface area contributed by atoms with E-state index in [9.17, 15) is 9.59 Å². The van der Waals surface area contributed by atoms with Gasteiger partial charge in [0.05, 0.1) is 19.1 Å². The molecule has 0 fully saturated rings. The molecule has 2 amide bonds. The first kappa shape index (κ1) is 20.2. The summed E-state index contributed by atoms with van der Waals surface area (Å²) >= 11 is 6.19. The molecule has 0 unspecified atom stereocenters. The number of hydrogen-bond acceptors (Lipinski definition) is 4. The smallest absolute Gasteiger partial charge is 0.328 e. The number of fused-ring (bicyclic) bond motifs is 1. The van der Waals surface area contributed by atoms with Crippen LogP contribution in [-0.2, 0) is 16.0 Å². The molecule has 1 aliphatic heterocycles. The number of nitrogens with zero attached hydrogens (tertiary/aromatic N) is 2. The lowest BCUT2D eigenvalue weighted by atomic mass is 9.95. The van der Waals surface area contributed by atoms with E-state index >= 15 is 0 Å². The summed E-state index contributed by atoms with van der Waals surface area (Å²) in [7, 11) is 1.33.